The predicted octanol–water partition coefficient (Wildman–Crippen LogP) is 0.894. The first-order chi connectivity index (χ1) is 16.3. The van der Waals surface area contributed by atoms with Crippen LogP contribution in [0.5, 0.6) is 11.5 Å². The summed E-state index contributed by atoms with van der Waals surface area (Å²) in [6.45, 7) is 0. The Labute approximate surface area is 195 Å². The standard InChI is InChI=1S/C24H24N4O6/c1-33-12-7-9-17(34-2)16(11-12)28-21(30)19-15(8-10-18(25)29)27-24(20(19)22(28)31)13-5-3-4-6-14(13)26-23(24)32/h3-7,9,11,15,19-20,27H,8,10H2,1-2H3,(H2,25,29)(H,26,32)/t15-,19+,20-,24-/m0/s1. The van der Waals surface area contributed by atoms with Gasteiger partial charge in [-0.1, -0.05) is 18.2 Å². The van der Waals surface area contributed by atoms with Crippen molar-refractivity contribution in [3.05, 3.63) is 48.0 Å². The number of ether oxygens (including phenoxy) is 2. The summed E-state index contributed by atoms with van der Waals surface area (Å²) in [7, 11) is 2.92. The van der Waals surface area contributed by atoms with E-state index in [9.17, 15) is 19.2 Å². The van der Waals surface area contributed by atoms with E-state index in [2.05, 4.69) is 10.6 Å². The molecule has 5 rings (SSSR count). The maximum absolute atomic E-state index is 14.0. The number of anilines is 2. The van der Waals surface area contributed by atoms with Crippen LogP contribution in [0.3, 0.4) is 0 Å². The number of rotatable bonds is 6. The third kappa shape index (κ3) is 2.91. The van der Waals surface area contributed by atoms with E-state index in [0.29, 0.717) is 22.7 Å². The van der Waals surface area contributed by atoms with Crippen molar-refractivity contribution in [3.8, 4) is 11.5 Å². The number of methoxy groups -OCH3 is 2. The molecule has 4 amide bonds. The summed E-state index contributed by atoms with van der Waals surface area (Å²) < 4.78 is 10.7. The fraction of sp³-hybridized carbons (Fsp3) is 0.333. The highest BCUT2D eigenvalue weighted by Crippen LogP contribution is 2.54. The fourth-order valence-electron chi connectivity index (χ4n) is 5.51. The van der Waals surface area contributed by atoms with Gasteiger partial charge in [-0.25, -0.2) is 4.90 Å². The Kier molecular flexibility index (Phi) is 5.05. The number of carbonyl (C=O) groups excluding carboxylic acids is 4. The first kappa shape index (κ1) is 21.9. The molecule has 1 spiro atoms. The SMILES string of the molecule is COc1ccc(OC)c(N2C(=O)[C@@H]3[C@H](CCC(N)=O)N[C@]4(C(=O)Nc5ccccc54)[C@@H]3C2=O)c1. The van der Waals surface area contributed by atoms with E-state index in [-0.39, 0.29) is 18.5 Å². The zero-order chi connectivity index (χ0) is 24.2. The summed E-state index contributed by atoms with van der Waals surface area (Å²) in [6, 6.07) is 11.3. The lowest BCUT2D eigenvalue weighted by molar-refractivity contribution is -0.130. The molecule has 0 saturated carbocycles. The summed E-state index contributed by atoms with van der Waals surface area (Å²) in [5, 5.41) is 6.11. The molecule has 2 fully saturated rings. The van der Waals surface area contributed by atoms with E-state index < -0.39 is 47.0 Å². The molecule has 34 heavy (non-hydrogen) atoms. The number of nitrogens with zero attached hydrogens (tertiary/aromatic N) is 1. The zero-order valence-electron chi connectivity index (χ0n) is 18.7. The van der Waals surface area contributed by atoms with E-state index in [1.165, 1.54) is 14.2 Å². The number of fused-ring (bicyclic) bond motifs is 4. The average Bonchev–Trinajstić information content (AvgIpc) is 3.41. The van der Waals surface area contributed by atoms with Gasteiger partial charge in [-0.05, 0) is 24.6 Å². The minimum absolute atomic E-state index is 0.00415. The Bertz CT molecular complexity index is 1230. The number of hydrogen-bond donors (Lipinski definition) is 3. The van der Waals surface area contributed by atoms with Crippen LogP contribution in [-0.2, 0) is 24.7 Å². The summed E-state index contributed by atoms with van der Waals surface area (Å²) in [6.07, 6.45) is 0.208. The lowest BCUT2D eigenvalue weighted by atomic mass is 9.76. The summed E-state index contributed by atoms with van der Waals surface area (Å²) in [5.41, 5.74) is 5.33. The molecule has 176 valence electrons. The molecule has 0 unspecified atom stereocenters. The number of primary amides is 1. The number of imide groups is 1. The fourth-order valence-corrected chi connectivity index (χ4v) is 5.51. The molecule has 2 saturated heterocycles. The lowest BCUT2D eigenvalue weighted by Gasteiger charge is -2.29. The van der Waals surface area contributed by atoms with Crippen LogP contribution in [0.25, 0.3) is 0 Å². The third-order valence-corrected chi connectivity index (χ3v) is 6.95. The normalized spacial score (nSPS) is 27.1. The number of amides is 4. The molecule has 3 aliphatic rings. The molecular formula is C24H24N4O6. The number of hydrogen-bond acceptors (Lipinski definition) is 7. The largest absolute Gasteiger partial charge is 0.497 e. The Balaban J connectivity index is 1.66. The Morgan fingerprint density at radius 2 is 1.85 bits per heavy atom. The van der Waals surface area contributed by atoms with Crippen molar-refractivity contribution in [2.24, 2.45) is 17.6 Å². The van der Waals surface area contributed by atoms with Crippen molar-refractivity contribution in [3.63, 3.8) is 0 Å². The van der Waals surface area contributed by atoms with E-state index in [1.54, 1.807) is 42.5 Å². The van der Waals surface area contributed by atoms with E-state index in [0.717, 1.165) is 4.90 Å². The van der Waals surface area contributed by atoms with Gasteiger partial charge < -0.3 is 20.5 Å². The Morgan fingerprint density at radius 3 is 2.56 bits per heavy atom. The van der Waals surface area contributed by atoms with Gasteiger partial charge in [0.2, 0.25) is 23.6 Å². The van der Waals surface area contributed by atoms with Crippen LogP contribution in [-0.4, -0.2) is 43.9 Å². The van der Waals surface area contributed by atoms with Crippen LogP contribution in [0.15, 0.2) is 42.5 Å². The number of carbonyl (C=O) groups is 4. The highest BCUT2D eigenvalue weighted by atomic mass is 16.5. The van der Waals surface area contributed by atoms with Gasteiger partial charge in [-0.15, -0.1) is 0 Å². The summed E-state index contributed by atoms with van der Waals surface area (Å²) >= 11 is 0. The predicted molar refractivity (Wildman–Crippen MR) is 121 cm³/mol. The van der Waals surface area contributed by atoms with Gasteiger partial charge in [0, 0.05) is 29.8 Å². The van der Waals surface area contributed by atoms with Crippen LogP contribution in [0, 0.1) is 11.8 Å². The van der Waals surface area contributed by atoms with Gasteiger partial charge in [0.25, 0.3) is 0 Å². The van der Waals surface area contributed by atoms with Crippen molar-refractivity contribution >= 4 is 35.0 Å². The molecule has 2 aromatic rings. The van der Waals surface area contributed by atoms with Crippen molar-refractivity contribution in [2.45, 2.75) is 24.4 Å². The van der Waals surface area contributed by atoms with Crippen molar-refractivity contribution < 1.29 is 28.7 Å². The topological polar surface area (TPSA) is 140 Å². The van der Waals surface area contributed by atoms with Gasteiger partial charge in [0.15, 0.2) is 0 Å². The van der Waals surface area contributed by atoms with Crippen LogP contribution in [0.1, 0.15) is 18.4 Å². The van der Waals surface area contributed by atoms with Gasteiger partial charge >= 0.3 is 0 Å². The quantitative estimate of drug-likeness (QED) is 0.540. The first-order valence-electron chi connectivity index (χ1n) is 10.9. The number of para-hydroxylation sites is 1. The van der Waals surface area contributed by atoms with Crippen LogP contribution in [0.2, 0.25) is 0 Å². The maximum Gasteiger partial charge on any atom is 0.250 e. The second kappa shape index (κ2) is 7.84. The van der Waals surface area contributed by atoms with E-state index in [4.69, 9.17) is 15.2 Å². The zero-order valence-corrected chi connectivity index (χ0v) is 18.7. The van der Waals surface area contributed by atoms with Gasteiger partial charge in [-0.3, -0.25) is 24.5 Å². The minimum atomic E-state index is -1.45. The molecule has 0 bridgehead atoms. The van der Waals surface area contributed by atoms with Crippen molar-refractivity contribution in [1.82, 2.24) is 5.32 Å². The molecule has 4 N–H and O–H groups in total. The number of nitrogens with two attached hydrogens (primary N) is 1. The molecule has 0 aromatic heterocycles. The molecule has 2 aromatic carbocycles. The minimum Gasteiger partial charge on any atom is -0.497 e. The highest BCUT2D eigenvalue weighted by molar-refractivity contribution is 6.26. The molecule has 10 nitrogen and oxygen atoms in total. The second-order valence-corrected chi connectivity index (χ2v) is 8.62. The first-order valence-corrected chi connectivity index (χ1v) is 10.9. The lowest BCUT2D eigenvalue weighted by Crippen LogP contribution is -2.53. The highest BCUT2D eigenvalue weighted by Gasteiger charge is 2.70. The molecule has 3 aliphatic heterocycles. The number of benzene rings is 2. The third-order valence-electron chi connectivity index (χ3n) is 6.95. The maximum atomic E-state index is 14.0. The summed E-state index contributed by atoms with van der Waals surface area (Å²) in [5.74, 6) is -3.08. The molecule has 4 atom stereocenters. The Morgan fingerprint density at radius 1 is 1.09 bits per heavy atom. The van der Waals surface area contributed by atoms with Gasteiger partial charge in [0.1, 0.15) is 17.0 Å². The smallest absolute Gasteiger partial charge is 0.250 e. The molecule has 3 heterocycles. The van der Waals surface area contributed by atoms with E-state index in [1.807, 2.05) is 0 Å². The molecule has 0 aliphatic carbocycles. The van der Waals surface area contributed by atoms with E-state index >= 15 is 0 Å². The summed E-state index contributed by atoms with van der Waals surface area (Å²) in [4.78, 5) is 53.8. The van der Waals surface area contributed by atoms with Gasteiger partial charge in [-0.2, -0.15) is 0 Å². The molecular weight excluding hydrogens is 440 g/mol. The second-order valence-electron chi connectivity index (χ2n) is 8.62. The number of nitrogens with one attached hydrogen (secondary N) is 2. The van der Waals surface area contributed by atoms with Crippen molar-refractivity contribution in [2.75, 3.05) is 24.4 Å². The van der Waals surface area contributed by atoms with Gasteiger partial charge in [0.05, 0.1) is 31.7 Å². The molecule has 10 heteroatoms. The Hall–Kier alpha value is -3.92. The average molecular weight is 464 g/mol. The monoisotopic (exact) mass is 464 g/mol. The molecule has 0 radical (unpaired) electrons. The van der Waals surface area contributed by atoms with Crippen LogP contribution >= 0.6 is 0 Å². The van der Waals surface area contributed by atoms with Crippen LogP contribution < -0.4 is 30.7 Å². The van der Waals surface area contributed by atoms with Crippen molar-refractivity contribution in [1.29, 1.82) is 0 Å². The van der Waals surface area contributed by atoms with Crippen LogP contribution in [0.4, 0.5) is 11.4 Å².